The molecule has 1 aliphatic heterocycles. The van der Waals surface area contributed by atoms with Crippen LogP contribution in [0.4, 0.5) is 17.6 Å². The summed E-state index contributed by atoms with van der Waals surface area (Å²) in [6.07, 6.45) is -0.502. The van der Waals surface area contributed by atoms with Crippen molar-refractivity contribution in [3.63, 3.8) is 0 Å². The molecule has 160 valence electrons. The first-order chi connectivity index (χ1) is 13.2. The Bertz CT molecular complexity index is 602. The van der Waals surface area contributed by atoms with E-state index in [9.17, 15) is 27.2 Å². The van der Waals surface area contributed by atoms with Crippen molar-refractivity contribution in [2.45, 2.75) is 50.7 Å². The van der Waals surface area contributed by atoms with Gasteiger partial charge < -0.3 is 16.0 Å². The fourth-order valence-corrected chi connectivity index (χ4v) is 3.33. The number of unbranched alkanes of at least 4 members (excludes halogenated alkanes) is 1. The molecule has 0 aliphatic carbocycles. The summed E-state index contributed by atoms with van der Waals surface area (Å²) in [5.41, 5.74) is 5.72. The molecule has 1 aliphatic rings. The van der Waals surface area contributed by atoms with Crippen LogP contribution in [-0.4, -0.2) is 61.2 Å². The monoisotopic (exact) mass is 425 g/mol. The molecule has 2 amide bonds. The van der Waals surface area contributed by atoms with E-state index in [1.54, 1.807) is 0 Å². The number of carbonyl (C=O) groups is 2. The Morgan fingerprint density at radius 1 is 1.43 bits per heavy atom. The maximum Gasteiger partial charge on any atom is 0.297 e. The highest BCUT2D eigenvalue weighted by atomic mass is 32.1. The lowest BCUT2D eigenvalue weighted by Crippen LogP contribution is -2.43. The van der Waals surface area contributed by atoms with E-state index in [4.69, 9.17) is 5.73 Å². The topological polar surface area (TPSA) is 75.4 Å². The standard InChI is InChI=1S/C16H22F3N3O2S.C2H5F/c17-13-9-22(10-16(13,18)19)15(24)12(20)5-1-2-6-21-14(23)8-11-4-3-7-25-11;1-2-3/h3-4,7,12-13H,1-2,5-6,8-10,20H2,(H,21,23);2H2,1H3. The van der Waals surface area contributed by atoms with Crippen molar-refractivity contribution in [3.05, 3.63) is 22.4 Å². The molecular weight excluding hydrogens is 398 g/mol. The lowest BCUT2D eigenvalue weighted by atomic mass is 10.1. The molecule has 1 aromatic heterocycles. The van der Waals surface area contributed by atoms with Crippen LogP contribution in [0.3, 0.4) is 0 Å². The third-order valence-corrected chi connectivity index (χ3v) is 4.92. The van der Waals surface area contributed by atoms with Crippen molar-refractivity contribution in [1.29, 1.82) is 0 Å². The van der Waals surface area contributed by atoms with E-state index in [-0.39, 0.29) is 12.6 Å². The number of amides is 2. The molecule has 0 saturated carbocycles. The molecule has 2 unspecified atom stereocenters. The maximum atomic E-state index is 13.1. The first-order valence-electron chi connectivity index (χ1n) is 9.12. The Balaban J connectivity index is 0.00000122. The predicted molar refractivity (Wildman–Crippen MR) is 101 cm³/mol. The molecule has 1 fully saturated rings. The van der Waals surface area contributed by atoms with Gasteiger partial charge in [-0.3, -0.25) is 14.0 Å². The number of rotatable bonds is 8. The Hall–Kier alpha value is -1.68. The van der Waals surface area contributed by atoms with Crippen LogP contribution in [0.2, 0.25) is 0 Å². The van der Waals surface area contributed by atoms with Gasteiger partial charge in [-0.15, -0.1) is 11.3 Å². The van der Waals surface area contributed by atoms with Gasteiger partial charge in [0.25, 0.3) is 5.92 Å². The first kappa shape index (κ1) is 24.4. The largest absolute Gasteiger partial charge is 0.356 e. The van der Waals surface area contributed by atoms with Gasteiger partial charge in [-0.1, -0.05) is 6.07 Å². The third-order valence-electron chi connectivity index (χ3n) is 4.05. The van der Waals surface area contributed by atoms with Crippen LogP contribution < -0.4 is 11.1 Å². The van der Waals surface area contributed by atoms with Crippen LogP contribution in [0.1, 0.15) is 31.1 Å². The van der Waals surface area contributed by atoms with Gasteiger partial charge in [0, 0.05) is 11.4 Å². The van der Waals surface area contributed by atoms with E-state index >= 15 is 0 Å². The van der Waals surface area contributed by atoms with Crippen molar-refractivity contribution in [3.8, 4) is 0 Å². The van der Waals surface area contributed by atoms with Crippen LogP contribution in [0.25, 0.3) is 0 Å². The summed E-state index contributed by atoms with van der Waals surface area (Å²) in [5.74, 6) is -4.22. The average Bonchev–Trinajstić information content (AvgIpc) is 3.22. The molecule has 3 N–H and O–H groups in total. The normalized spacial score (nSPS) is 18.9. The molecule has 2 atom stereocenters. The van der Waals surface area contributed by atoms with E-state index in [0.717, 1.165) is 9.78 Å². The quantitative estimate of drug-likeness (QED) is 0.497. The van der Waals surface area contributed by atoms with Gasteiger partial charge in [0.05, 0.1) is 32.2 Å². The lowest BCUT2D eigenvalue weighted by molar-refractivity contribution is -0.133. The molecule has 1 saturated heterocycles. The van der Waals surface area contributed by atoms with Crippen LogP contribution in [-0.2, 0) is 16.0 Å². The molecule has 0 spiro atoms. The summed E-state index contributed by atoms with van der Waals surface area (Å²) in [5, 5.41) is 4.68. The highest BCUT2D eigenvalue weighted by molar-refractivity contribution is 7.10. The zero-order chi connectivity index (χ0) is 21.2. The SMILES string of the molecule is CCF.NC(CCCCNC(=O)Cc1cccs1)C(=O)N1CC(F)C(F)(F)C1. The number of nitrogens with two attached hydrogens (primary N) is 1. The molecule has 0 aromatic carbocycles. The molecule has 0 radical (unpaired) electrons. The van der Waals surface area contributed by atoms with Gasteiger partial charge in [0.1, 0.15) is 0 Å². The van der Waals surface area contributed by atoms with Crippen molar-refractivity contribution in [1.82, 2.24) is 10.2 Å². The Labute approximate surface area is 166 Å². The smallest absolute Gasteiger partial charge is 0.297 e. The minimum absolute atomic E-state index is 0.0730. The summed E-state index contributed by atoms with van der Waals surface area (Å²) in [7, 11) is 0. The summed E-state index contributed by atoms with van der Waals surface area (Å²) in [4.78, 5) is 25.4. The second kappa shape index (κ2) is 12.0. The highest BCUT2D eigenvalue weighted by Crippen LogP contribution is 2.30. The van der Waals surface area contributed by atoms with E-state index in [0.29, 0.717) is 32.2 Å². The number of carbonyl (C=O) groups excluding carboxylic acids is 2. The zero-order valence-corrected chi connectivity index (χ0v) is 16.6. The summed E-state index contributed by atoms with van der Waals surface area (Å²) in [6, 6.07) is 2.84. The molecule has 2 heterocycles. The van der Waals surface area contributed by atoms with Crippen LogP contribution in [0.15, 0.2) is 17.5 Å². The number of hydrogen-bond donors (Lipinski definition) is 2. The van der Waals surface area contributed by atoms with Crippen molar-refractivity contribution < 1.29 is 27.2 Å². The lowest BCUT2D eigenvalue weighted by Gasteiger charge is -2.20. The maximum absolute atomic E-state index is 13.1. The van der Waals surface area contributed by atoms with Crippen LogP contribution in [0, 0.1) is 0 Å². The van der Waals surface area contributed by atoms with Gasteiger partial charge in [-0.2, -0.15) is 0 Å². The molecule has 28 heavy (non-hydrogen) atoms. The number of nitrogens with zero attached hydrogens (tertiary/aromatic N) is 1. The van der Waals surface area contributed by atoms with Gasteiger partial charge in [-0.05, 0) is 37.6 Å². The van der Waals surface area contributed by atoms with Gasteiger partial charge in [0.2, 0.25) is 11.8 Å². The van der Waals surface area contributed by atoms with Crippen molar-refractivity contribution in [2.75, 3.05) is 26.3 Å². The second-order valence-corrected chi connectivity index (χ2v) is 7.46. The minimum atomic E-state index is -3.50. The molecular formula is C18H27F4N3O2S. The highest BCUT2D eigenvalue weighted by Gasteiger charge is 2.50. The fourth-order valence-electron chi connectivity index (χ4n) is 2.62. The van der Waals surface area contributed by atoms with Crippen LogP contribution >= 0.6 is 11.3 Å². The Kier molecular flexibility index (Phi) is 10.4. The molecule has 0 bridgehead atoms. The van der Waals surface area contributed by atoms with E-state index in [2.05, 4.69) is 5.32 Å². The van der Waals surface area contributed by atoms with Gasteiger partial charge >= 0.3 is 0 Å². The van der Waals surface area contributed by atoms with E-state index in [1.807, 2.05) is 17.5 Å². The zero-order valence-electron chi connectivity index (χ0n) is 15.8. The summed E-state index contributed by atoms with van der Waals surface area (Å²) >= 11 is 1.51. The molecule has 2 rings (SSSR count). The van der Waals surface area contributed by atoms with E-state index in [1.165, 1.54) is 18.3 Å². The Morgan fingerprint density at radius 3 is 2.64 bits per heavy atom. The summed E-state index contributed by atoms with van der Waals surface area (Å²) in [6.45, 7) is 0.136. The molecule has 1 aromatic rings. The number of alkyl halides is 4. The Morgan fingerprint density at radius 2 is 2.11 bits per heavy atom. The number of hydrogen-bond acceptors (Lipinski definition) is 4. The number of nitrogens with one attached hydrogen (secondary N) is 1. The third kappa shape index (κ3) is 8.14. The molecule has 10 heteroatoms. The van der Waals surface area contributed by atoms with Crippen molar-refractivity contribution in [2.24, 2.45) is 5.73 Å². The first-order valence-corrected chi connectivity index (χ1v) is 10.0. The number of halogens is 4. The minimum Gasteiger partial charge on any atom is -0.356 e. The average molecular weight is 425 g/mol. The van der Waals surface area contributed by atoms with Gasteiger partial charge in [-0.25, -0.2) is 13.2 Å². The molecule has 5 nitrogen and oxygen atoms in total. The van der Waals surface area contributed by atoms with Crippen LogP contribution in [0.5, 0.6) is 0 Å². The summed E-state index contributed by atoms with van der Waals surface area (Å²) < 4.78 is 49.7. The second-order valence-electron chi connectivity index (χ2n) is 6.42. The predicted octanol–water partition coefficient (Wildman–Crippen LogP) is 2.70. The number of likely N-dealkylation sites (tertiary alicyclic amines) is 1. The van der Waals surface area contributed by atoms with Crippen molar-refractivity contribution >= 4 is 23.2 Å². The fraction of sp³-hybridized carbons (Fsp3) is 0.667. The van der Waals surface area contributed by atoms with E-state index < -0.39 is 37.1 Å². The van der Waals surface area contributed by atoms with Gasteiger partial charge in [0.15, 0.2) is 6.17 Å². The number of thiophene rings is 1.